The number of hydrogen-bond donors (Lipinski definition) is 2. The standard InChI is InChI=1S/C29H40N6O2/c1-21(19-23-5-3-4-6-23)35-27(37)12-7-24-20-30-29(32-28(24)35)31-25-8-10-26(11-9-25)34-17-15-33(16-18-34)14-13-22(2)36/h7-12,20-23,36H,3-6,13-19H2,1-2H3,(H,30,31,32). The molecule has 198 valence electrons. The number of nitrogens with zero attached hydrogens (tertiary/aromatic N) is 5. The molecule has 2 unspecified atom stereocenters. The van der Waals surface area contributed by atoms with Crippen LogP contribution < -0.4 is 15.8 Å². The van der Waals surface area contributed by atoms with Gasteiger partial charge in [0.25, 0.3) is 5.56 Å². The maximum atomic E-state index is 12.9. The van der Waals surface area contributed by atoms with Crippen LogP contribution in [-0.4, -0.2) is 63.4 Å². The summed E-state index contributed by atoms with van der Waals surface area (Å²) in [5, 5.41) is 13.7. The van der Waals surface area contributed by atoms with Crippen molar-refractivity contribution in [2.75, 3.05) is 42.9 Å². The number of aliphatic hydroxyl groups is 1. The fraction of sp³-hybridized carbons (Fsp3) is 0.552. The number of hydrogen-bond acceptors (Lipinski definition) is 7. The lowest BCUT2D eigenvalue weighted by atomic mass is 9.99. The van der Waals surface area contributed by atoms with Crippen LogP contribution in [0.25, 0.3) is 11.0 Å². The van der Waals surface area contributed by atoms with Crippen molar-refractivity contribution in [3.63, 3.8) is 0 Å². The van der Waals surface area contributed by atoms with Crippen molar-refractivity contribution in [2.24, 2.45) is 5.92 Å². The second-order valence-corrected chi connectivity index (χ2v) is 10.9. The summed E-state index contributed by atoms with van der Waals surface area (Å²) in [5.74, 6) is 1.20. The third-order valence-corrected chi connectivity index (χ3v) is 7.98. The number of anilines is 3. The normalized spacial score (nSPS) is 18.8. The Morgan fingerprint density at radius 1 is 1.03 bits per heavy atom. The predicted octanol–water partition coefficient (Wildman–Crippen LogP) is 4.57. The molecule has 0 spiro atoms. The summed E-state index contributed by atoms with van der Waals surface area (Å²) >= 11 is 0. The van der Waals surface area contributed by atoms with Gasteiger partial charge in [-0.05, 0) is 62.9 Å². The second-order valence-electron chi connectivity index (χ2n) is 10.9. The highest BCUT2D eigenvalue weighted by atomic mass is 16.3. The number of aliphatic hydroxyl groups excluding tert-OH is 1. The topological polar surface area (TPSA) is 86.5 Å². The van der Waals surface area contributed by atoms with Gasteiger partial charge in [-0.1, -0.05) is 25.7 Å². The molecule has 2 N–H and O–H groups in total. The number of fused-ring (bicyclic) bond motifs is 1. The average Bonchev–Trinajstić information content (AvgIpc) is 3.41. The van der Waals surface area contributed by atoms with Crippen LogP contribution in [0.5, 0.6) is 0 Å². The Morgan fingerprint density at radius 2 is 1.76 bits per heavy atom. The van der Waals surface area contributed by atoms with Crippen molar-refractivity contribution in [3.8, 4) is 0 Å². The molecule has 0 bridgehead atoms. The van der Waals surface area contributed by atoms with Gasteiger partial charge in [0.2, 0.25) is 5.95 Å². The van der Waals surface area contributed by atoms with E-state index in [1.165, 1.54) is 31.4 Å². The Balaban J connectivity index is 1.26. The van der Waals surface area contributed by atoms with Crippen LogP contribution in [0, 0.1) is 5.92 Å². The van der Waals surface area contributed by atoms with E-state index in [-0.39, 0.29) is 17.7 Å². The van der Waals surface area contributed by atoms with Gasteiger partial charge in [-0.3, -0.25) is 14.3 Å². The third kappa shape index (κ3) is 6.30. The van der Waals surface area contributed by atoms with Gasteiger partial charge >= 0.3 is 0 Å². The fourth-order valence-corrected chi connectivity index (χ4v) is 5.84. The number of piperazine rings is 1. The molecule has 1 aliphatic heterocycles. The van der Waals surface area contributed by atoms with Crippen LogP contribution in [0.4, 0.5) is 17.3 Å². The van der Waals surface area contributed by atoms with Gasteiger partial charge in [-0.25, -0.2) is 4.98 Å². The van der Waals surface area contributed by atoms with Crippen molar-refractivity contribution >= 4 is 28.4 Å². The number of rotatable bonds is 9. The minimum atomic E-state index is -0.238. The smallest absolute Gasteiger partial charge is 0.252 e. The molecular weight excluding hydrogens is 464 g/mol. The summed E-state index contributed by atoms with van der Waals surface area (Å²) in [4.78, 5) is 27.0. The number of pyridine rings is 1. The highest BCUT2D eigenvalue weighted by Gasteiger charge is 2.21. The molecule has 0 radical (unpaired) electrons. The number of aromatic nitrogens is 3. The molecule has 2 aliphatic rings. The molecule has 5 rings (SSSR count). The fourth-order valence-electron chi connectivity index (χ4n) is 5.84. The van der Waals surface area contributed by atoms with Gasteiger partial charge in [0.15, 0.2) is 0 Å². The van der Waals surface area contributed by atoms with Gasteiger partial charge in [0.1, 0.15) is 5.65 Å². The summed E-state index contributed by atoms with van der Waals surface area (Å²) in [7, 11) is 0. The molecule has 3 heterocycles. The van der Waals surface area contributed by atoms with Crippen LogP contribution >= 0.6 is 0 Å². The van der Waals surface area contributed by atoms with Crippen LogP contribution in [0.2, 0.25) is 0 Å². The molecule has 1 saturated heterocycles. The zero-order valence-corrected chi connectivity index (χ0v) is 22.1. The third-order valence-electron chi connectivity index (χ3n) is 7.98. The molecule has 8 nitrogen and oxygen atoms in total. The van der Waals surface area contributed by atoms with Gasteiger partial charge in [-0.15, -0.1) is 0 Å². The Morgan fingerprint density at radius 3 is 2.46 bits per heavy atom. The molecule has 1 aromatic carbocycles. The lowest BCUT2D eigenvalue weighted by Gasteiger charge is -2.36. The summed E-state index contributed by atoms with van der Waals surface area (Å²) < 4.78 is 1.85. The molecule has 1 aliphatic carbocycles. The molecule has 1 saturated carbocycles. The molecule has 2 aromatic heterocycles. The minimum absolute atomic E-state index is 0.00188. The molecule has 2 fully saturated rings. The van der Waals surface area contributed by atoms with Crippen LogP contribution in [0.3, 0.4) is 0 Å². The van der Waals surface area contributed by atoms with E-state index in [1.54, 1.807) is 12.3 Å². The van der Waals surface area contributed by atoms with Crippen molar-refractivity contribution in [2.45, 2.75) is 64.5 Å². The van der Waals surface area contributed by atoms with E-state index in [9.17, 15) is 9.90 Å². The summed E-state index contributed by atoms with van der Waals surface area (Å²) in [6.45, 7) is 8.93. The molecule has 3 aromatic rings. The first-order valence-corrected chi connectivity index (χ1v) is 13.9. The highest BCUT2D eigenvalue weighted by Crippen LogP contribution is 2.32. The number of nitrogens with one attached hydrogen (secondary N) is 1. The average molecular weight is 505 g/mol. The van der Waals surface area contributed by atoms with Gasteiger partial charge < -0.3 is 15.3 Å². The van der Waals surface area contributed by atoms with E-state index < -0.39 is 0 Å². The maximum absolute atomic E-state index is 12.9. The van der Waals surface area contributed by atoms with Crippen LogP contribution in [0.1, 0.15) is 58.4 Å². The lowest BCUT2D eigenvalue weighted by Crippen LogP contribution is -2.47. The maximum Gasteiger partial charge on any atom is 0.252 e. The Kier molecular flexibility index (Phi) is 8.05. The Hall–Kier alpha value is -2.97. The van der Waals surface area contributed by atoms with Crippen molar-refractivity contribution in [1.82, 2.24) is 19.4 Å². The molecule has 0 amide bonds. The highest BCUT2D eigenvalue weighted by molar-refractivity contribution is 5.76. The van der Waals surface area contributed by atoms with Crippen LogP contribution in [-0.2, 0) is 0 Å². The minimum Gasteiger partial charge on any atom is -0.393 e. The SMILES string of the molecule is CC(O)CCN1CCN(c2ccc(Nc3ncc4ccc(=O)n(C(C)CC5CCCC5)c4n3)cc2)CC1. The quantitative estimate of drug-likeness (QED) is 0.441. The molecular formula is C29H40N6O2. The summed E-state index contributed by atoms with van der Waals surface area (Å²) in [6, 6.07) is 11.9. The van der Waals surface area contributed by atoms with E-state index in [4.69, 9.17) is 4.98 Å². The second kappa shape index (κ2) is 11.6. The summed E-state index contributed by atoms with van der Waals surface area (Å²) in [6.07, 6.45) is 8.54. The Bertz CT molecular complexity index is 1230. The first-order chi connectivity index (χ1) is 18.0. The van der Waals surface area contributed by atoms with Crippen molar-refractivity contribution in [1.29, 1.82) is 0 Å². The first-order valence-electron chi connectivity index (χ1n) is 13.9. The number of benzene rings is 1. The zero-order chi connectivity index (χ0) is 25.8. The Labute approximate surface area is 219 Å². The van der Waals surface area contributed by atoms with Crippen LogP contribution in [0.15, 0.2) is 47.4 Å². The van der Waals surface area contributed by atoms with Crippen molar-refractivity contribution in [3.05, 3.63) is 52.9 Å². The first kappa shape index (κ1) is 25.7. The largest absolute Gasteiger partial charge is 0.393 e. The van der Waals surface area contributed by atoms with E-state index in [1.807, 2.05) is 17.6 Å². The van der Waals surface area contributed by atoms with Gasteiger partial charge in [-0.2, -0.15) is 4.98 Å². The van der Waals surface area contributed by atoms with E-state index in [0.717, 1.165) is 56.6 Å². The van der Waals surface area contributed by atoms with Gasteiger partial charge in [0, 0.05) is 67.8 Å². The van der Waals surface area contributed by atoms with E-state index in [0.29, 0.717) is 17.5 Å². The van der Waals surface area contributed by atoms with E-state index in [2.05, 4.69) is 51.3 Å². The molecule has 37 heavy (non-hydrogen) atoms. The predicted molar refractivity (Wildman–Crippen MR) is 150 cm³/mol. The molecule has 2 atom stereocenters. The zero-order valence-electron chi connectivity index (χ0n) is 22.1. The lowest BCUT2D eigenvalue weighted by molar-refractivity contribution is 0.153. The molecule has 8 heteroatoms. The summed E-state index contributed by atoms with van der Waals surface area (Å²) in [5.41, 5.74) is 2.82. The van der Waals surface area contributed by atoms with E-state index >= 15 is 0 Å². The van der Waals surface area contributed by atoms with Crippen molar-refractivity contribution < 1.29 is 5.11 Å². The van der Waals surface area contributed by atoms with Gasteiger partial charge in [0.05, 0.1) is 6.10 Å². The monoisotopic (exact) mass is 504 g/mol.